The molecule has 1 aliphatic carbocycles. The number of ketones is 1. The normalized spacial score (nSPS) is 27.1. The Bertz CT molecular complexity index is 257. The molecule has 1 saturated carbocycles. The number of rotatable bonds is 3. The van der Waals surface area contributed by atoms with E-state index in [1.165, 1.54) is 6.08 Å². The van der Waals surface area contributed by atoms with Crippen molar-refractivity contribution in [1.82, 2.24) is 0 Å². The van der Waals surface area contributed by atoms with Crippen molar-refractivity contribution < 1.29 is 14.3 Å². The van der Waals surface area contributed by atoms with Crippen molar-refractivity contribution in [3.05, 3.63) is 12.7 Å². The van der Waals surface area contributed by atoms with Crippen molar-refractivity contribution in [2.45, 2.75) is 32.6 Å². The average Bonchev–Trinajstić information content (AvgIpc) is 2.19. The fraction of sp³-hybridized carbons (Fsp3) is 0.636. The fourth-order valence-corrected chi connectivity index (χ4v) is 1.69. The molecular weight excluding hydrogens is 180 g/mol. The van der Waals surface area contributed by atoms with E-state index in [0.29, 0.717) is 12.8 Å². The summed E-state index contributed by atoms with van der Waals surface area (Å²) in [6.07, 6.45) is 4.44. The lowest BCUT2D eigenvalue weighted by Crippen LogP contribution is -2.40. The summed E-state index contributed by atoms with van der Waals surface area (Å²) in [5, 5.41) is 0. The Morgan fingerprint density at radius 3 is 2.93 bits per heavy atom. The Hall–Kier alpha value is -1.12. The average molecular weight is 196 g/mol. The summed E-state index contributed by atoms with van der Waals surface area (Å²) in [5.74, 6) is -0.389. The van der Waals surface area contributed by atoms with Crippen LogP contribution >= 0.6 is 0 Å². The van der Waals surface area contributed by atoms with E-state index in [0.717, 1.165) is 12.8 Å². The Labute approximate surface area is 84.1 Å². The van der Waals surface area contributed by atoms with Crippen LogP contribution in [0.1, 0.15) is 32.6 Å². The third-order valence-electron chi connectivity index (χ3n) is 2.73. The zero-order valence-corrected chi connectivity index (χ0v) is 8.54. The summed E-state index contributed by atoms with van der Waals surface area (Å²) in [5.41, 5.74) is -0.902. The van der Waals surface area contributed by atoms with E-state index >= 15 is 0 Å². The lowest BCUT2D eigenvalue weighted by atomic mass is 9.75. The number of hydrogen-bond donors (Lipinski definition) is 0. The molecule has 1 rings (SSSR count). The number of Topliss-reactive ketones (excluding diaryl/α,β-unsaturated/α-hetero) is 1. The number of hydrogen-bond acceptors (Lipinski definition) is 3. The summed E-state index contributed by atoms with van der Waals surface area (Å²) in [7, 11) is 0. The maximum Gasteiger partial charge on any atom is 0.319 e. The molecule has 0 bridgehead atoms. The van der Waals surface area contributed by atoms with Gasteiger partial charge in [-0.3, -0.25) is 9.59 Å². The molecule has 3 nitrogen and oxygen atoms in total. The van der Waals surface area contributed by atoms with Crippen LogP contribution in [0, 0.1) is 5.41 Å². The predicted molar refractivity (Wildman–Crippen MR) is 52.7 cm³/mol. The molecule has 0 unspecified atom stereocenters. The molecule has 14 heavy (non-hydrogen) atoms. The van der Waals surface area contributed by atoms with Gasteiger partial charge in [-0.1, -0.05) is 19.1 Å². The van der Waals surface area contributed by atoms with E-state index in [9.17, 15) is 9.59 Å². The smallest absolute Gasteiger partial charge is 0.319 e. The standard InChI is InChI=1S/C11H16O3/c1-3-8-14-10(13)11(2)7-5-4-6-9(11)12/h3H,1,4-8H2,2H3/t11-/m1/s1. The first-order valence-corrected chi connectivity index (χ1v) is 4.92. The van der Waals surface area contributed by atoms with Crippen molar-refractivity contribution in [2.24, 2.45) is 5.41 Å². The Kier molecular flexibility index (Phi) is 3.44. The highest BCUT2D eigenvalue weighted by atomic mass is 16.5. The summed E-state index contributed by atoms with van der Waals surface area (Å²) >= 11 is 0. The molecule has 0 aromatic carbocycles. The highest BCUT2D eigenvalue weighted by Crippen LogP contribution is 2.33. The van der Waals surface area contributed by atoms with Crippen molar-refractivity contribution in [3.8, 4) is 0 Å². The van der Waals surface area contributed by atoms with Crippen LogP contribution in [-0.4, -0.2) is 18.4 Å². The molecule has 3 heteroatoms. The molecule has 0 spiro atoms. The SMILES string of the molecule is C=CCOC(=O)[C@]1(C)CCCCC1=O. The van der Waals surface area contributed by atoms with Crippen molar-refractivity contribution >= 4 is 11.8 Å². The van der Waals surface area contributed by atoms with E-state index in [1.807, 2.05) is 0 Å². The summed E-state index contributed by atoms with van der Waals surface area (Å²) in [6, 6.07) is 0. The van der Waals surface area contributed by atoms with Gasteiger partial charge in [0.25, 0.3) is 0 Å². The van der Waals surface area contributed by atoms with Gasteiger partial charge in [0.1, 0.15) is 17.8 Å². The van der Waals surface area contributed by atoms with Crippen LogP contribution in [0.25, 0.3) is 0 Å². The number of esters is 1. The van der Waals surface area contributed by atoms with Gasteiger partial charge >= 0.3 is 5.97 Å². The van der Waals surface area contributed by atoms with Crippen LogP contribution in [0.2, 0.25) is 0 Å². The monoisotopic (exact) mass is 196 g/mol. The number of carbonyl (C=O) groups excluding carboxylic acids is 2. The second-order valence-electron chi connectivity index (χ2n) is 3.85. The van der Waals surface area contributed by atoms with Crippen LogP contribution < -0.4 is 0 Å². The van der Waals surface area contributed by atoms with Gasteiger partial charge < -0.3 is 4.74 Å². The molecule has 78 valence electrons. The summed E-state index contributed by atoms with van der Waals surface area (Å²) in [4.78, 5) is 23.2. The second-order valence-corrected chi connectivity index (χ2v) is 3.85. The van der Waals surface area contributed by atoms with Gasteiger partial charge in [-0.05, 0) is 19.8 Å². The van der Waals surface area contributed by atoms with E-state index in [1.54, 1.807) is 6.92 Å². The molecule has 0 aliphatic heterocycles. The molecule has 0 radical (unpaired) electrons. The highest BCUT2D eigenvalue weighted by Gasteiger charge is 2.43. The Morgan fingerprint density at radius 1 is 1.64 bits per heavy atom. The first-order chi connectivity index (χ1) is 6.61. The van der Waals surface area contributed by atoms with Crippen LogP contribution in [0.15, 0.2) is 12.7 Å². The van der Waals surface area contributed by atoms with Gasteiger partial charge in [-0.25, -0.2) is 0 Å². The quantitative estimate of drug-likeness (QED) is 0.393. The summed E-state index contributed by atoms with van der Waals surface area (Å²) < 4.78 is 4.93. The Morgan fingerprint density at radius 2 is 2.36 bits per heavy atom. The van der Waals surface area contributed by atoms with Crippen LogP contribution in [0.5, 0.6) is 0 Å². The van der Waals surface area contributed by atoms with Crippen molar-refractivity contribution in [3.63, 3.8) is 0 Å². The minimum Gasteiger partial charge on any atom is -0.461 e. The molecule has 0 aromatic rings. The maximum absolute atomic E-state index is 11.6. The molecule has 1 atom stereocenters. The van der Waals surface area contributed by atoms with Crippen LogP contribution in [0.4, 0.5) is 0 Å². The zero-order chi connectivity index (χ0) is 10.6. The topological polar surface area (TPSA) is 43.4 Å². The number of ether oxygens (including phenoxy) is 1. The van der Waals surface area contributed by atoms with Crippen LogP contribution in [-0.2, 0) is 14.3 Å². The van der Waals surface area contributed by atoms with E-state index in [2.05, 4.69) is 6.58 Å². The Balaban J connectivity index is 2.66. The summed E-state index contributed by atoms with van der Waals surface area (Å²) in [6.45, 7) is 5.32. The molecule has 0 heterocycles. The van der Waals surface area contributed by atoms with Crippen molar-refractivity contribution in [1.29, 1.82) is 0 Å². The lowest BCUT2D eigenvalue weighted by molar-refractivity contribution is -0.160. The minimum atomic E-state index is -0.902. The molecule has 1 fully saturated rings. The van der Waals surface area contributed by atoms with Gasteiger partial charge in [0.15, 0.2) is 0 Å². The van der Waals surface area contributed by atoms with Gasteiger partial charge in [0.05, 0.1) is 0 Å². The van der Waals surface area contributed by atoms with Crippen LogP contribution in [0.3, 0.4) is 0 Å². The zero-order valence-electron chi connectivity index (χ0n) is 8.54. The van der Waals surface area contributed by atoms with Gasteiger partial charge in [0, 0.05) is 6.42 Å². The lowest BCUT2D eigenvalue weighted by Gasteiger charge is -2.29. The molecule has 0 amide bonds. The minimum absolute atomic E-state index is 0.0119. The van der Waals surface area contributed by atoms with Gasteiger partial charge in [0.2, 0.25) is 0 Å². The molecular formula is C11H16O3. The van der Waals surface area contributed by atoms with Gasteiger partial charge in [-0.15, -0.1) is 0 Å². The third-order valence-corrected chi connectivity index (χ3v) is 2.73. The maximum atomic E-state index is 11.6. The third kappa shape index (κ3) is 2.03. The number of carbonyl (C=O) groups is 2. The fourth-order valence-electron chi connectivity index (χ4n) is 1.69. The highest BCUT2D eigenvalue weighted by molar-refractivity contribution is 6.03. The van der Waals surface area contributed by atoms with E-state index in [-0.39, 0.29) is 12.4 Å². The first kappa shape index (κ1) is 11.0. The molecule has 0 N–H and O–H groups in total. The largest absolute Gasteiger partial charge is 0.461 e. The van der Waals surface area contributed by atoms with Crippen molar-refractivity contribution in [2.75, 3.05) is 6.61 Å². The second kappa shape index (κ2) is 4.40. The predicted octanol–water partition coefficient (Wildman–Crippen LogP) is 1.86. The van der Waals surface area contributed by atoms with E-state index < -0.39 is 11.4 Å². The van der Waals surface area contributed by atoms with Gasteiger partial charge in [-0.2, -0.15) is 0 Å². The molecule has 0 aromatic heterocycles. The van der Waals surface area contributed by atoms with E-state index in [4.69, 9.17) is 4.74 Å². The molecule has 1 aliphatic rings. The molecule has 0 saturated heterocycles. The first-order valence-electron chi connectivity index (χ1n) is 4.92.